The van der Waals surface area contributed by atoms with E-state index in [2.05, 4.69) is 45.3 Å². The molecule has 7 heteroatoms. The first-order chi connectivity index (χ1) is 11.6. The zero-order chi connectivity index (χ0) is 17.5. The van der Waals surface area contributed by atoms with Crippen molar-refractivity contribution < 1.29 is 9.53 Å². The van der Waals surface area contributed by atoms with Crippen LogP contribution < -0.4 is 10.1 Å². The van der Waals surface area contributed by atoms with Gasteiger partial charge in [-0.25, -0.2) is 0 Å². The van der Waals surface area contributed by atoms with E-state index in [0.29, 0.717) is 11.0 Å². The van der Waals surface area contributed by atoms with Gasteiger partial charge in [0.15, 0.2) is 0 Å². The van der Waals surface area contributed by atoms with E-state index in [0.717, 1.165) is 33.6 Å². The fraction of sp³-hybridized carbons (Fsp3) is 0.353. The minimum atomic E-state index is -0.228. The van der Waals surface area contributed by atoms with Gasteiger partial charge in [-0.1, -0.05) is 31.3 Å². The van der Waals surface area contributed by atoms with Gasteiger partial charge in [-0.2, -0.15) is 0 Å². The maximum Gasteiger partial charge on any atom is 0.250 e. The Labute approximate surface area is 154 Å². The maximum atomic E-state index is 12.0. The smallest absolute Gasteiger partial charge is 0.250 e. The number of amides is 1. The number of carbonyl (C=O) groups excluding carboxylic acids is 1. The summed E-state index contributed by atoms with van der Waals surface area (Å²) in [6.07, 6.45) is 5.26. The lowest BCUT2D eigenvalue weighted by Crippen LogP contribution is -2.07. The third-order valence-electron chi connectivity index (χ3n) is 3.61. The molecule has 0 aliphatic heterocycles. The molecule has 1 heterocycles. The van der Waals surface area contributed by atoms with Gasteiger partial charge in [0.05, 0.1) is 11.6 Å². The van der Waals surface area contributed by atoms with E-state index in [4.69, 9.17) is 4.74 Å². The third-order valence-corrected chi connectivity index (χ3v) is 5.23. The number of hydrogen-bond acceptors (Lipinski definition) is 5. The number of nitrogens with one attached hydrogen (secondary N) is 1. The van der Waals surface area contributed by atoms with Crippen molar-refractivity contribution >= 4 is 44.4 Å². The summed E-state index contributed by atoms with van der Waals surface area (Å²) in [5.41, 5.74) is 0.896. The summed E-state index contributed by atoms with van der Waals surface area (Å²) in [6, 6.07) is 5.61. The second-order valence-corrected chi connectivity index (χ2v) is 7.04. The molecule has 1 aromatic heterocycles. The van der Waals surface area contributed by atoms with Crippen LogP contribution in [-0.4, -0.2) is 23.2 Å². The summed E-state index contributed by atoms with van der Waals surface area (Å²) in [4.78, 5) is 12.0. The first kappa shape index (κ1) is 18.6. The summed E-state index contributed by atoms with van der Waals surface area (Å²) in [5.74, 6) is 0.925. The van der Waals surface area contributed by atoms with Gasteiger partial charge in [0.2, 0.25) is 11.0 Å². The van der Waals surface area contributed by atoms with Crippen LogP contribution >= 0.6 is 27.3 Å². The number of ether oxygens (including phenoxy) is 1. The third kappa shape index (κ3) is 4.88. The molecule has 0 radical (unpaired) electrons. The van der Waals surface area contributed by atoms with E-state index in [1.54, 1.807) is 13.2 Å². The Bertz CT molecular complexity index is 726. The molecule has 0 saturated carbocycles. The minimum absolute atomic E-state index is 0.228. The SMILES string of the molecule is CCC(CC)c1nnc(NC(=O)/C=C/c2ccc(OC)c(Br)c2)s1. The van der Waals surface area contributed by atoms with Crippen LogP contribution in [0.2, 0.25) is 0 Å². The van der Waals surface area contributed by atoms with Crippen molar-refractivity contribution in [3.8, 4) is 5.75 Å². The lowest BCUT2D eigenvalue weighted by Gasteiger charge is -2.05. The highest BCUT2D eigenvalue weighted by Gasteiger charge is 2.13. The van der Waals surface area contributed by atoms with Crippen LogP contribution in [-0.2, 0) is 4.79 Å². The van der Waals surface area contributed by atoms with Crippen molar-refractivity contribution in [2.45, 2.75) is 32.6 Å². The molecule has 0 aliphatic carbocycles. The normalized spacial score (nSPS) is 11.2. The second kappa shape index (κ2) is 8.94. The number of hydrogen-bond donors (Lipinski definition) is 1. The molecule has 0 saturated heterocycles. The molecule has 0 bridgehead atoms. The number of rotatable bonds is 7. The van der Waals surface area contributed by atoms with Crippen LogP contribution in [0.4, 0.5) is 5.13 Å². The van der Waals surface area contributed by atoms with Crippen LogP contribution in [0, 0.1) is 0 Å². The summed E-state index contributed by atoms with van der Waals surface area (Å²) in [7, 11) is 1.61. The quantitative estimate of drug-likeness (QED) is 0.662. The number of halogens is 1. The molecule has 0 spiro atoms. The van der Waals surface area contributed by atoms with Gasteiger partial charge in [0, 0.05) is 12.0 Å². The highest BCUT2D eigenvalue weighted by atomic mass is 79.9. The number of methoxy groups -OCH3 is 1. The van der Waals surface area contributed by atoms with Crippen molar-refractivity contribution in [2.75, 3.05) is 12.4 Å². The second-order valence-electron chi connectivity index (χ2n) is 5.18. The molecule has 1 aromatic carbocycles. The number of carbonyl (C=O) groups is 1. The van der Waals surface area contributed by atoms with Crippen LogP contribution in [0.3, 0.4) is 0 Å². The first-order valence-corrected chi connectivity index (χ1v) is 9.34. The highest BCUT2D eigenvalue weighted by molar-refractivity contribution is 9.10. The van der Waals surface area contributed by atoms with Gasteiger partial charge in [0.25, 0.3) is 0 Å². The average molecular weight is 410 g/mol. The van der Waals surface area contributed by atoms with Gasteiger partial charge in [-0.15, -0.1) is 10.2 Å². The number of aromatic nitrogens is 2. The lowest BCUT2D eigenvalue weighted by atomic mass is 10.1. The van der Waals surface area contributed by atoms with Gasteiger partial charge in [-0.05, 0) is 52.5 Å². The van der Waals surface area contributed by atoms with E-state index in [1.165, 1.54) is 17.4 Å². The van der Waals surface area contributed by atoms with Gasteiger partial charge in [0.1, 0.15) is 10.8 Å². The Morgan fingerprint density at radius 1 is 1.38 bits per heavy atom. The van der Waals surface area contributed by atoms with Crippen LogP contribution in [0.1, 0.15) is 43.2 Å². The molecule has 0 atom stereocenters. The molecule has 5 nitrogen and oxygen atoms in total. The Morgan fingerprint density at radius 2 is 2.12 bits per heavy atom. The molecule has 0 fully saturated rings. The molecule has 2 rings (SSSR count). The predicted molar refractivity (Wildman–Crippen MR) is 102 cm³/mol. The maximum absolute atomic E-state index is 12.0. The largest absolute Gasteiger partial charge is 0.496 e. The summed E-state index contributed by atoms with van der Waals surface area (Å²) < 4.78 is 6.02. The number of anilines is 1. The van der Waals surface area contributed by atoms with Crippen molar-refractivity contribution in [1.29, 1.82) is 0 Å². The Balaban J connectivity index is 1.99. The first-order valence-electron chi connectivity index (χ1n) is 7.73. The van der Waals surface area contributed by atoms with E-state index < -0.39 is 0 Å². The molecule has 1 amide bonds. The molecular weight excluding hydrogens is 390 g/mol. The fourth-order valence-electron chi connectivity index (χ4n) is 2.19. The predicted octanol–water partition coefficient (Wildman–Crippen LogP) is 4.86. The van der Waals surface area contributed by atoms with Crippen molar-refractivity contribution in [2.24, 2.45) is 0 Å². The zero-order valence-electron chi connectivity index (χ0n) is 13.9. The lowest BCUT2D eigenvalue weighted by molar-refractivity contribution is -0.111. The number of benzene rings is 1. The summed E-state index contributed by atoms with van der Waals surface area (Å²) in [6.45, 7) is 4.26. The Morgan fingerprint density at radius 3 is 2.75 bits per heavy atom. The van der Waals surface area contributed by atoms with Crippen LogP contribution in [0.15, 0.2) is 28.7 Å². The molecular formula is C17H20BrN3O2S. The van der Waals surface area contributed by atoms with E-state index in [1.807, 2.05) is 18.2 Å². The standard InChI is InChI=1S/C17H20BrN3O2S/c1-4-12(5-2)16-20-21-17(24-16)19-15(22)9-7-11-6-8-14(23-3)13(18)10-11/h6-10,12H,4-5H2,1-3H3,(H,19,21,22)/b9-7+. The molecule has 24 heavy (non-hydrogen) atoms. The monoisotopic (exact) mass is 409 g/mol. The fourth-order valence-corrected chi connectivity index (χ4v) is 3.76. The average Bonchev–Trinajstić information content (AvgIpc) is 3.02. The van der Waals surface area contributed by atoms with Gasteiger partial charge in [-0.3, -0.25) is 10.1 Å². The Kier molecular flexibility index (Phi) is 6.93. The van der Waals surface area contributed by atoms with Crippen LogP contribution in [0.25, 0.3) is 6.08 Å². The zero-order valence-corrected chi connectivity index (χ0v) is 16.3. The van der Waals surface area contributed by atoms with Gasteiger partial charge < -0.3 is 4.74 Å². The molecule has 0 unspecified atom stereocenters. The van der Waals surface area contributed by atoms with Gasteiger partial charge >= 0.3 is 0 Å². The molecule has 1 N–H and O–H groups in total. The van der Waals surface area contributed by atoms with E-state index >= 15 is 0 Å². The summed E-state index contributed by atoms with van der Waals surface area (Å²) in [5, 5.41) is 12.5. The molecule has 128 valence electrons. The topological polar surface area (TPSA) is 64.1 Å². The Hall–Kier alpha value is -1.73. The van der Waals surface area contributed by atoms with Crippen molar-refractivity contribution in [3.05, 3.63) is 39.3 Å². The van der Waals surface area contributed by atoms with Crippen molar-refractivity contribution in [3.63, 3.8) is 0 Å². The minimum Gasteiger partial charge on any atom is -0.496 e. The molecule has 2 aromatic rings. The highest BCUT2D eigenvalue weighted by Crippen LogP contribution is 2.28. The summed E-state index contributed by atoms with van der Waals surface area (Å²) >= 11 is 4.86. The van der Waals surface area contributed by atoms with Crippen LogP contribution in [0.5, 0.6) is 5.75 Å². The van der Waals surface area contributed by atoms with E-state index in [-0.39, 0.29) is 5.91 Å². The molecule has 0 aliphatic rings. The van der Waals surface area contributed by atoms with E-state index in [9.17, 15) is 4.79 Å². The van der Waals surface area contributed by atoms with Crippen molar-refractivity contribution in [1.82, 2.24) is 10.2 Å². The number of nitrogens with zero attached hydrogens (tertiary/aromatic N) is 2.